The highest BCUT2D eigenvalue weighted by Gasteiger charge is 2.24. The van der Waals surface area contributed by atoms with E-state index in [2.05, 4.69) is 62.1 Å². The van der Waals surface area contributed by atoms with E-state index in [4.69, 9.17) is 0 Å². The third-order valence-electron chi connectivity index (χ3n) is 3.66. The van der Waals surface area contributed by atoms with Crippen molar-refractivity contribution >= 4 is 57.6 Å². The largest absolute Gasteiger partial charge is 0.354 e. The second-order valence-electron chi connectivity index (χ2n) is 5.06. The summed E-state index contributed by atoms with van der Waals surface area (Å²) in [7, 11) is 1.83. The molecule has 1 aromatic rings. The molecular weight excluding hydrogens is 461 g/mol. The zero-order valence-electron chi connectivity index (χ0n) is 12.4. The first kappa shape index (κ1) is 19.1. The van der Waals surface area contributed by atoms with Crippen LogP contribution in [0, 0.1) is 0 Å². The highest BCUT2D eigenvalue weighted by Crippen LogP contribution is 2.27. The Labute approximate surface area is 157 Å². The van der Waals surface area contributed by atoms with Crippen LogP contribution >= 0.6 is 51.7 Å². The van der Waals surface area contributed by atoms with Crippen molar-refractivity contribution in [3.05, 3.63) is 34.3 Å². The topological polar surface area (TPSA) is 36.4 Å². The first-order valence-electron chi connectivity index (χ1n) is 6.95. The molecule has 0 saturated heterocycles. The molecule has 0 aromatic heterocycles. The molecule has 3 nitrogen and oxygen atoms in total. The van der Waals surface area contributed by atoms with E-state index in [0.29, 0.717) is 6.04 Å². The fourth-order valence-corrected chi connectivity index (χ4v) is 3.52. The maximum Gasteiger partial charge on any atom is 0.191 e. The van der Waals surface area contributed by atoms with Crippen molar-refractivity contribution < 1.29 is 0 Å². The number of thioether (sulfide) groups is 1. The summed E-state index contributed by atoms with van der Waals surface area (Å²) in [5.41, 5.74) is 1.25. The third kappa shape index (κ3) is 6.36. The van der Waals surface area contributed by atoms with Gasteiger partial charge in [0.25, 0.3) is 0 Å². The minimum absolute atomic E-state index is 0. The third-order valence-corrected chi connectivity index (χ3v) is 5.28. The van der Waals surface area contributed by atoms with Crippen LogP contribution < -0.4 is 10.6 Å². The molecule has 0 radical (unpaired) electrons. The molecule has 118 valence electrons. The van der Waals surface area contributed by atoms with Gasteiger partial charge in [0.15, 0.2) is 5.96 Å². The van der Waals surface area contributed by atoms with Crippen LogP contribution in [0.4, 0.5) is 0 Å². The molecule has 6 heteroatoms. The zero-order valence-corrected chi connectivity index (χ0v) is 17.2. The highest BCUT2D eigenvalue weighted by molar-refractivity contribution is 14.0. The number of hydrogen-bond donors (Lipinski definition) is 2. The summed E-state index contributed by atoms with van der Waals surface area (Å²) in [5.74, 6) is 0.902. The first-order valence-corrected chi connectivity index (χ1v) is 9.03. The second-order valence-corrected chi connectivity index (χ2v) is 7.12. The molecule has 0 bridgehead atoms. The predicted octanol–water partition coefficient (Wildman–Crippen LogP) is 4.02. The van der Waals surface area contributed by atoms with Crippen molar-refractivity contribution in [3.63, 3.8) is 0 Å². The van der Waals surface area contributed by atoms with Gasteiger partial charge in [0.05, 0.1) is 0 Å². The molecule has 1 aliphatic carbocycles. The van der Waals surface area contributed by atoms with Crippen molar-refractivity contribution in [1.29, 1.82) is 0 Å². The summed E-state index contributed by atoms with van der Waals surface area (Å²) in [4.78, 5) is 4.31. The summed E-state index contributed by atoms with van der Waals surface area (Å²) in [6.45, 7) is 0.797. The molecule has 21 heavy (non-hydrogen) atoms. The second kappa shape index (κ2) is 9.94. The van der Waals surface area contributed by atoms with Gasteiger partial charge in [-0.3, -0.25) is 4.99 Å². The normalized spacial score (nSPS) is 21.8. The summed E-state index contributed by atoms with van der Waals surface area (Å²) >= 11 is 5.43. The zero-order chi connectivity index (χ0) is 14.4. The summed E-state index contributed by atoms with van der Waals surface area (Å²) in [6, 6.07) is 8.91. The van der Waals surface area contributed by atoms with Crippen molar-refractivity contribution in [3.8, 4) is 0 Å². The van der Waals surface area contributed by atoms with Crippen LogP contribution in [0.25, 0.3) is 0 Å². The van der Waals surface area contributed by atoms with E-state index in [-0.39, 0.29) is 24.0 Å². The van der Waals surface area contributed by atoms with Crippen LogP contribution in [0.1, 0.15) is 24.8 Å². The Kier molecular flexibility index (Phi) is 9.04. The van der Waals surface area contributed by atoms with Crippen LogP contribution in [0.15, 0.2) is 33.7 Å². The van der Waals surface area contributed by atoms with E-state index in [0.717, 1.165) is 22.2 Å². The van der Waals surface area contributed by atoms with Gasteiger partial charge < -0.3 is 10.6 Å². The van der Waals surface area contributed by atoms with E-state index < -0.39 is 0 Å². The fraction of sp³-hybridized carbons (Fsp3) is 0.533. The predicted molar refractivity (Wildman–Crippen MR) is 108 cm³/mol. The van der Waals surface area contributed by atoms with Crippen molar-refractivity contribution in [2.75, 3.05) is 13.3 Å². The van der Waals surface area contributed by atoms with E-state index in [9.17, 15) is 0 Å². The summed E-state index contributed by atoms with van der Waals surface area (Å²) < 4.78 is 1.11. The van der Waals surface area contributed by atoms with Crippen molar-refractivity contribution in [1.82, 2.24) is 10.6 Å². The maximum absolute atomic E-state index is 4.31. The standard InChI is InChI=1S/C15H22BrN3S.HI/c1-17-15(19-13-7-8-14(9-13)20-2)18-10-11-3-5-12(16)6-4-11;/h3-6,13-14H,7-10H2,1-2H3,(H2,17,18,19);1H. The number of halogens is 2. The Bertz CT molecular complexity index is 453. The van der Waals surface area contributed by atoms with E-state index in [1.165, 1.54) is 24.8 Å². The lowest BCUT2D eigenvalue weighted by Gasteiger charge is -2.17. The molecule has 1 saturated carbocycles. The van der Waals surface area contributed by atoms with E-state index in [1.807, 2.05) is 18.8 Å². The smallest absolute Gasteiger partial charge is 0.191 e. The van der Waals surface area contributed by atoms with Gasteiger partial charge in [0, 0.05) is 29.4 Å². The Hall–Kier alpha value is 0.0500. The molecule has 1 aromatic carbocycles. The number of hydrogen-bond acceptors (Lipinski definition) is 2. The quantitative estimate of drug-likeness (QED) is 0.386. The first-order chi connectivity index (χ1) is 9.71. The van der Waals surface area contributed by atoms with Crippen molar-refractivity contribution in [2.24, 2.45) is 4.99 Å². The lowest BCUT2D eigenvalue weighted by molar-refractivity contribution is 0.614. The van der Waals surface area contributed by atoms with Crippen LogP contribution in [0.5, 0.6) is 0 Å². The van der Waals surface area contributed by atoms with Gasteiger partial charge in [-0.25, -0.2) is 0 Å². The molecule has 2 N–H and O–H groups in total. The highest BCUT2D eigenvalue weighted by atomic mass is 127. The molecular formula is C15H23BrIN3S. The Balaban J connectivity index is 0.00000220. The average Bonchev–Trinajstić information content (AvgIpc) is 2.93. The number of benzene rings is 1. The Morgan fingerprint density at radius 1 is 1.33 bits per heavy atom. The van der Waals surface area contributed by atoms with Gasteiger partial charge in [0.2, 0.25) is 0 Å². The molecule has 2 rings (SSSR count). The van der Waals surface area contributed by atoms with Crippen LogP contribution in [0.3, 0.4) is 0 Å². The number of guanidine groups is 1. The SMILES string of the molecule is CN=C(NCc1ccc(Br)cc1)NC1CCC(SC)C1.I. The monoisotopic (exact) mass is 483 g/mol. The fourth-order valence-electron chi connectivity index (χ4n) is 2.46. The summed E-state index contributed by atoms with van der Waals surface area (Å²) in [5, 5.41) is 7.71. The van der Waals surface area contributed by atoms with Crippen LogP contribution in [-0.2, 0) is 6.54 Å². The van der Waals surface area contributed by atoms with Crippen LogP contribution in [-0.4, -0.2) is 30.6 Å². The van der Waals surface area contributed by atoms with Gasteiger partial charge in [-0.1, -0.05) is 28.1 Å². The molecule has 0 aliphatic heterocycles. The van der Waals surface area contributed by atoms with Gasteiger partial charge in [-0.2, -0.15) is 11.8 Å². The lowest BCUT2D eigenvalue weighted by Crippen LogP contribution is -2.42. The van der Waals surface area contributed by atoms with Gasteiger partial charge in [-0.05, 0) is 43.2 Å². The van der Waals surface area contributed by atoms with E-state index in [1.54, 1.807) is 0 Å². The lowest BCUT2D eigenvalue weighted by atomic mass is 10.2. The Morgan fingerprint density at radius 2 is 2.05 bits per heavy atom. The van der Waals surface area contributed by atoms with Gasteiger partial charge in [-0.15, -0.1) is 24.0 Å². The van der Waals surface area contributed by atoms with Crippen LogP contribution in [0.2, 0.25) is 0 Å². The Morgan fingerprint density at radius 3 is 2.62 bits per heavy atom. The van der Waals surface area contributed by atoms with Gasteiger partial charge >= 0.3 is 0 Å². The average molecular weight is 484 g/mol. The molecule has 0 heterocycles. The minimum atomic E-state index is 0. The molecule has 1 fully saturated rings. The maximum atomic E-state index is 4.31. The molecule has 0 amide bonds. The summed E-state index contributed by atoms with van der Waals surface area (Å²) in [6.07, 6.45) is 5.99. The van der Waals surface area contributed by atoms with E-state index >= 15 is 0 Å². The molecule has 2 atom stereocenters. The van der Waals surface area contributed by atoms with Crippen molar-refractivity contribution in [2.45, 2.75) is 37.1 Å². The molecule has 2 unspecified atom stereocenters. The minimum Gasteiger partial charge on any atom is -0.354 e. The number of rotatable bonds is 4. The molecule has 0 spiro atoms. The number of aliphatic imine (C=N–C) groups is 1. The molecule has 1 aliphatic rings. The van der Waals surface area contributed by atoms with Gasteiger partial charge in [0.1, 0.15) is 0 Å². The number of nitrogens with zero attached hydrogens (tertiary/aromatic N) is 1. The number of nitrogens with one attached hydrogen (secondary N) is 2.